The van der Waals surface area contributed by atoms with Crippen LogP contribution in [0.3, 0.4) is 0 Å². The van der Waals surface area contributed by atoms with Crippen molar-refractivity contribution in [1.29, 1.82) is 0 Å². The van der Waals surface area contributed by atoms with Gasteiger partial charge in [0, 0.05) is 43.0 Å². The van der Waals surface area contributed by atoms with Crippen LogP contribution in [0.2, 0.25) is 0 Å². The summed E-state index contributed by atoms with van der Waals surface area (Å²) in [6.45, 7) is 13.8. The van der Waals surface area contributed by atoms with Gasteiger partial charge in [0.15, 0.2) is 11.8 Å². The Morgan fingerprint density at radius 3 is 2.30 bits per heavy atom. The molecule has 1 saturated heterocycles. The van der Waals surface area contributed by atoms with Crippen molar-refractivity contribution in [2.75, 3.05) is 25.1 Å². The second kappa shape index (κ2) is 11.3. The number of aromatic nitrogens is 4. The molecule has 4 aromatic rings. The van der Waals surface area contributed by atoms with Gasteiger partial charge in [-0.1, -0.05) is 32.0 Å². The van der Waals surface area contributed by atoms with Crippen LogP contribution < -0.4 is 4.90 Å². The number of esters is 1. The van der Waals surface area contributed by atoms with Crippen LogP contribution in [0.15, 0.2) is 42.6 Å². The van der Waals surface area contributed by atoms with E-state index in [-0.39, 0.29) is 5.41 Å². The molecule has 1 aliphatic heterocycles. The van der Waals surface area contributed by atoms with E-state index in [1.165, 1.54) is 18.8 Å². The quantitative estimate of drug-likeness (QED) is 0.212. The zero-order chi connectivity index (χ0) is 32.2. The zero-order valence-electron chi connectivity index (χ0n) is 26.5. The summed E-state index contributed by atoms with van der Waals surface area (Å²) in [6, 6.07) is 10.2. The van der Waals surface area contributed by atoms with Crippen molar-refractivity contribution in [2.24, 2.45) is 12.5 Å². The third-order valence-electron chi connectivity index (χ3n) is 8.16. The molecule has 1 unspecified atom stereocenters. The molecule has 5 rings (SSSR count). The highest BCUT2D eigenvalue weighted by atomic mass is 19.4. The van der Waals surface area contributed by atoms with Gasteiger partial charge in [-0.25, -0.2) is 9.78 Å². The molecular formula is C33H40F3N5O3. The second-order valence-corrected chi connectivity index (χ2v) is 13.3. The summed E-state index contributed by atoms with van der Waals surface area (Å²) in [5, 5.41) is 3.67. The Hall–Kier alpha value is -3.86. The highest BCUT2D eigenvalue weighted by molar-refractivity contribution is 5.81. The first-order valence-electron chi connectivity index (χ1n) is 14.7. The van der Waals surface area contributed by atoms with Gasteiger partial charge in [-0.05, 0) is 69.7 Å². The maximum Gasteiger partial charge on any atom is 0.435 e. The number of ether oxygens (including phenoxy) is 2. The lowest BCUT2D eigenvalue weighted by atomic mass is 9.82. The monoisotopic (exact) mass is 611 g/mol. The van der Waals surface area contributed by atoms with Gasteiger partial charge >= 0.3 is 12.1 Å². The molecule has 1 aromatic carbocycles. The van der Waals surface area contributed by atoms with Gasteiger partial charge < -0.3 is 14.4 Å². The number of aryl methyl sites for hydroxylation is 2. The van der Waals surface area contributed by atoms with Crippen LogP contribution in [0.4, 0.5) is 19.0 Å². The topological polar surface area (TPSA) is 73.9 Å². The Morgan fingerprint density at radius 1 is 1.05 bits per heavy atom. The van der Waals surface area contributed by atoms with Gasteiger partial charge in [0.05, 0.1) is 24.1 Å². The summed E-state index contributed by atoms with van der Waals surface area (Å²) < 4.78 is 54.9. The fraction of sp³-hybridized carbons (Fsp3) is 0.485. The highest BCUT2D eigenvalue weighted by Gasteiger charge is 2.37. The third-order valence-corrected chi connectivity index (χ3v) is 8.16. The number of methoxy groups -OCH3 is 1. The molecule has 3 aromatic heterocycles. The van der Waals surface area contributed by atoms with Gasteiger partial charge in [-0.3, -0.25) is 9.08 Å². The lowest BCUT2D eigenvalue weighted by molar-refractivity contribution is -0.164. The minimum atomic E-state index is -4.54. The number of carbonyl (C=O) groups excluding carboxylic acids is 1. The predicted molar refractivity (Wildman–Crippen MR) is 163 cm³/mol. The smallest absolute Gasteiger partial charge is 0.435 e. The zero-order valence-corrected chi connectivity index (χ0v) is 26.5. The van der Waals surface area contributed by atoms with Gasteiger partial charge in [0.25, 0.3) is 0 Å². The van der Waals surface area contributed by atoms with Gasteiger partial charge in [-0.2, -0.15) is 18.3 Å². The number of rotatable bonds is 6. The summed E-state index contributed by atoms with van der Waals surface area (Å²) in [4.78, 5) is 20.5. The molecule has 1 atom stereocenters. The molecule has 8 nitrogen and oxygen atoms in total. The molecule has 0 bridgehead atoms. The van der Waals surface area contributed by atoms with Gasteiger partial charge in [0.1, 0.15) is 11.5 Å². The van der Waals surface area contributed by atoms with Crippen molar-refractivity contribution in [3.8, 4) is 22.5 Å². The van der Waals surface area contributed by atoms with E-state index in [9.17, 15) is 18.0 Å². The Bertz CT molecular complexity index is 1690. The second-order valence-electron chi connectivity index (χ2n) is 13.3. The number of carbonyl (C=O) groups is 1. The minimum absolute atomic E-state index is 0.196. The Kier molecular flexibility index (Phi) is 8.07. The average Bonchev–Trinajstić information content (AvgIpc) is 3.54. The highest BCUT2D eigenvalue weighted by Crippen LogP contribution is 2.41. The van der Waals surface area contributed by atoms with E-state index in [1.807, 2.05) is 56.5 Å². The van der Waals surface area contributed by atoms with E-state index >= 15 is 0 Å². The first kappa shape index (κ1) is 31.6. The van der Waals surface area contributed by atoms with E-state index in [2.05, 4.69) is 23.8 Å². The van der Waals surface area contributed by atoms with Crippen molar-refractivity contribution >= 4 is 17.4 Å². The van der Waals surface area contributed by atoms with Crippen LogP contribution >= 0.6 is 0 Å². The van der Waals surface area contributed by atoms with Gasteiger partial charge in [-0.15, -0.1) is 0 Å². The van der Waals surface area contributed by atoms with Crippen LogP contribution in [0.25, 0.3) is 28.2 Å². The first-order valence-corrected chi connectivity index (χ1v) is 14.7. The molecule has 4 heterocycles. The van der Waals surface area contributed by atoms with Crippen LogP contribution in [0.1, 0.15) is 70.4 Å². The first-order chi connectivity index (χ1) is 20.5. The van der Waals surface area contributed by atoms with Crippen molar-refractivity contribution in [3.63, 3.8) is 0 Å². The molecule has 0 radical (unpaired) electrons. The van der Waals surface area contributed by atoms with Crippen LogP contribution in [0, 0.1) is 12.3 Å². The Morgan fingerprint density at radius 2 is 1.70 bits per heavy atom. The molecule has 0 amide bonds. The summed E-state index contributed by atoms with van der Waals surface area (Å²) in [6.07, 6.45) is -1.64. The van der Waals surface area contributed by atoms with Crippen LogP contribution in [-0.4, -0.2) is 50.9 Å². The van der Waals surface area contributed by atoms with Crippen molar-refractivity contribution in [2.45, 2.75) is 72.3 Å². The molecule has 1 aliphatic rings. The van der Waals surface area contributed by atoms with Crippen LogP contribution in [0.5, 0.6) is 0 Å². The maximum absolute atomic E-state index is 13.3. The van der Waals surface area contributed by atoms with E-state index in [0.29, 0.717) is 22.6 Å². The number of hydrogen-bond donors (Lipinski definition) is 0. The number of nitrogens with zero attached hydrogens (tertiary/aromatic N) is 5. The summed E-state index contributed by atoms with van der Waals surface area (Å²) in [5.41, 5.74) is 3.20. The normalized spacial score (nSPS) is 16.4. The lowest BCUT2D eigenvalue weighted by Gasteiger charge is -2.40. The molecule has 1 fully saturated rings. The Balaban J connectivity index is 1.67. The SMILES string of the molecule is COC(=O)C(OC(C)(C)C)c1c(C)cc2nc(-c3cccc(-c4cc(C(F)(F)F)nn4C)c3)cn2c1N1CCC(C)(C)CC1. The molecule has 11 heteroatoms. The number of hydrogen-bond acceptors (Lipinski definition) is 6. The van der Waals surface area contributed by atoms with Crippen molar-refractivity contribution in [3.05, 3.63) is 59.4 Å². The lowest BCUT2D eigenvalue weighted by Crippen LogP contribution is -2.40. The van der Waals surface area contributed by atoms with Crippen molar-refractivity contribution < 1.29 is 27.4 Å². The minimum Gasteiger partial charge on any atom is -0.467 e. The average molecular weight is 612 g/mol. The summed E-state index contributed by atoms with van der Waals surface area (Å²) >= 11 is 0. The number of pyridine rings is 1. The molecule has 236 valence electrons. The molecular weight excluding hydrogens is 571 g/mol. The third kappa shape index (κ3) is 6.33. The van der Waals surface area contributed by atoms with Gasteiger partial charge in [0.2, 0.25) is 0 Å². The largest absolute Gasteiger partial charge is 0.467 e. The molecule has 0 N–H and O–H groups in total. The van der Waals surface area contributed by atoms with Crippen molar-refractivity contribution in [1.82, 2.24) is 19.2 Å². The fourth-order valence-electron chi connectivity index (χ4n) is 5.75. The number of fused-ring (bicyclic) bond motifs is 1. The number of halogens is 3. The van der Waals surface area contributed by atoms with Crippen LogP contribution in [-0.2, 0) is 27.5 Å². The van der Waals surface area contributed by atoms with E-state index < -0.39 is 29.5 Å². The van der Waals surface area contributed by atoms with E-state index in [0.717, 1.165) is 54.5 Å². The van der Waals surface area contributed by atoms with E-state index in [4.69, 9.17) is 14.5 Å². The van der Waals surface area contributed by atoms with E-state index in [1.54, 1.807) is 12.1 Å². The molecule has 0 aliphatic carbocycles. The molecule has 0 spiro atoms. The maximum atomic E-state index is 13.3. The number of anilines is 1. The Labute approximate surface area is 255 Å². The number of imidazole rings is 1. The summed E-state index contributed by atoms with van der Waals surface area (Å²) in [7, 11) is 2.86. The number of piperidine rings is 1. The number of benzene rings is 1. The predicted octanol–water partition coefficient (Wildman–Crippen LogP) is 7.38. The fourth-order valence-corrected chi connectivity index (χ4v) is 5.75. The summed E-state index contributed by atoms with van der Waals surface area (Å²) in [5.74, 6) is 0.343. The molecule has 0 saturated carbocycles. The standard InChI is InChI=1S/C33H40F3N5O3/c1-20-16-26-37-23(21-10-9-11-22(17-21)24-18-25(33(34,35)36)38-39(24)7)19-41(26)29(40-14-12-32(5,6)13-15-40)27(20)28(30(42)43-8)44-31(2,3)4/h9-11,16-19,28H,12-15H2,1-8H3. The number of alkyl halides is 3. The molecule has 44 heavy (non-hydrogen) atoms.